The minimum Gasteiger partial charge on any atom is -0.480 e. The number of hydrogen-bond donors (Lipinski definition) is 0. The lowest BCUT2D eigenvalue weighted by molar-refractivity contribution is 0.0780. The molecule has 2 heterocycles. The molecule has 0 aliphatic heterocycles. The van der Waals surface area contributed by atoms with Crippen LogP contribution in [-0.4, -0.2) is 34.9 Å². The lowest BCUT2D eigenvalue weighted by Crippen LogP contribution is -2.27. The third-order valence-corrected chi connectivity index (χ3v) is 4.37. The fourth-order valence-corrected chi connectivity index (χ4v) is 3.01. The van der Waals surface area contributed by atoms with Crippen molar-refractivity contribution in [3.8, 4) is 5.88 Å². The maximum absolute atomic E-state index is 12.8. The topological polar surface area (TPSA) is 55.3 Å². The van der Waals surface area contributed by atoms with Crippen LogP contribution in [0.2, 0.25) is 5.15 Å². The minimum atomic E-state index is -0.135. The van der Waals surface area contributed by atoms with E-state index >= 15 is 0 Å². The quantitative estimate of drug-likeness (QED) is 0.808. The molecule has 0 unspecified atom stereocenters. The van der Waals surface area contributed by atoms with Crippen LogP contribution in [0.1, 0.15) is 33.6 Å². The molecule has 0 N–H and O–H groups in total. The summed E-state index contributed by atoms with van der Waals surface area (Å²) in [5.74, 6) is 0.253. The number of halogens is 1. The Kier molecular flexibility index (Phi) is 4.48. The van der Waals surface area contributed by atoms with Gasteiger partial charge in [0.05, 0.1) is 7.11 Å². The van der Waals surface area contributed by atoms with Crippen molar-refractivity contribution in [1.82, 2.24) is 14.9 Å². The minimum absolute atomic E-state index is 0.135. The Morgan fingerprint density at radius 1 is 1.43 bits per heavy atom. The summed E-state index contributed by atoms with van der Waals surface area (Å²) in [6.07, 6.45) is 4.61. The van der Waals surface area contributed by atoms with Gasteiger partial charge in [0.1, 0.15) is 10.7 Å². The van der Waals surface area contributed by atoms with E-state index in [1.54, 1.807) is 31.3 Å². The predicted molar refractivity (Wildman–Crippen MR) is 87.9 cm³/mol. The lowest BCUT2D eigenvalue weighted by Gasteiger charge is -2.19. The second kappa shape index (κ2) is 6.54. The molecule has 0 bridgehead atoms. The molecular formula is C17H18ClN3O2. The Labute approximate surface area is 140 Å². The van der Waals surface area contributed by atoms with Gasteiger partial charge in [-0.2, -0.15) is 0 Å². The second-order valence-corrected chi connectivity index (χ2v) is 5.98. The number of ether oxygens (including phenoxy) is 1. The molecule has 0 atom stereocenters. The first kappa shape index (κ1) is 15.7. The van der Waals surface area contributed by atoms with Crippen LogP contribution in [0.3, 0.4) is 0 Å². The van der Waals surface area contributed by atoms with E-state index in [9.17, 15) is 4.79 Å². The molecular weight excluding hydrogens is 314 g/mol. The van der Waals surface area contributed by atoms with Crippen molar-refractivity contribution in [3.05, 3.63) is 51.9 Å². The summed E-state index contributed by atoms with van der Waals surface area (Å²) in [6, 6.07) is 5.58. The van der Waals surface area contributed by atoms with E-state index < -0.39 is 0 Å². The van der Waals surface area contributed by atoms with Gasteiger partial charge in [-0.1, -0.05) is 17.7 Å². The van der Waals surface area contributed by atoms with Crippen LogP contribution in [0.5, 0.6) is 5.88 Å². The Morgan fingerprint density at radius 2 is 2.26 bits per heavy atom. The highest BCUT2D eigenvalue weighted by Crippen LogP contribution is 2.27. The highest BCUT2D eigenvalue weighted by Gasteiger charge is 2.23. The molecule has 0 saturated heterocycles. The number of rotatable bonds is 4. The maximum Gasteiger partial charge on any atom is 0.259 e. The fraction of sp³-hybridized carbons (Fsp3) is 0.353. The SMILES string of the molecule is COc1nc2c(cc1C(=O)N(C)Cc1cccnc1Cl)CCC2. The van der Waals surface area contributed by atoms with Crippen molar-refractivity contribution >= 4 is 17.5 Å². The van der Waals surface area contributed by atoms with Crippen LogP contribution in [0.15, 0.2) is 24.4 Å². The van der Waals surface area contributed by atoms with Gasteiger partial charge in [-0.3, -0.25) is 4.79 Å². The van der Waals surface area contributed by atoms with E-state index in [2.05, 4.69) is 9.97 Å². The van der Waals surface area contributed by atoms with Crippen molar-refractivity contribution in [2.45, 2.75) is 25.8 Å². The van der Waals surface area contributed by atoms with Gasteiger partial charge in [0.15, 0.2) is 0 Å². The smallest absolute Gasteiger partial charge is 0.259 e. The average Bonchev–Trinajstić information content (AvgIpc) is 3.02. The molecule has 2 aromatic rings. The number of amides is 1. The number of carbonyl (C=O) groups is 1. The lowest BCUT2D eigenvalue weighted by atomic mass is 10.1. The normalized spacial score (nSPS) is 12.8. The molecule has 0 radical (unpaired) electrons. The number of pyridine rings is 2. The first-order valence-electron chi connectivity index (χ1n) is 7.51. The number of carbonyl (C=O) groups excluding carboxylic acids is 1. The number of fused-ring (bicyclic) bond motifs is 1. The zero-order valence-electron chi connectivity index (χ0n) is 13.2. The van der Waals surface area contributed by atoms with Crippen molar-refractivity contribution in [2.75, 3.05) is 14.2 Å². The number of hydrogen-bond acceptors (Lipinski definition) is 4. The predicted octanol–water partition coefficient (Wildman–Crippen LogP) is 2.90. The summed E-state index contributed by atoms with van der Waals surface area (Å²) in [4.78, 5) is 22.9. The van der Waals surface area contributed by atoms with Crippen LogP contribution in [-0.2, 0) is 19.4 Å². The second-order valence-electron chi connectivity index (χ2n) is 5.62. The summed E-state index contributed by atoms with van der Waals surface area (Å²) in [5, 5.41) is 0.409. The van der Waals surface area contributed by atoms with E-state index in [0.29, 0.717) is 23.1 Å². The van der Waals surface area contributed by atoms with E-state index in [1.165, 1.54) is 0 Å². The highest BCUT2D eigenvalue weighted by atomic mass is 35.5. The molecule has 0 aromatic carbocycles. The molecule has 6 heteroatoms. The summed E-state index contributed by atoms with van der Waals surface area (Å²) in [5.41, 5.74) is 3.48. The summed E-state index contributed by atoms with van der Waals surface area (Å²) >= 11 is 6.07. The zero-order chi connectivity index (χ0) is 16.4. The van der Waals surface area contributed by atoms with Crippen LogP contribution < -0.4 is 4.74 Å². The van der Waals surface area contributed by atoms with Gasteiger partial charge in [0.2, 0.25) is 5.88 Å². The molecule has 120 valence electrons. The molecule has 1 amide bonds. The zero-order valence-corrected chi connectivity index (χ0v) is 13.9. The third kappa shape index (κ3) is 3.15. The van der Waals surface area contributed by atoms with Gasteiger partial charge in [0, 0.05) is 31.0 Å². The number of aryl methyl sites for hydroxylation is 2. The van der Waals surface area contributed by atoms with Gasteiger partial charge >= 0.3 is 0 Å². The molecule has 0 saturated carbocycles. The van der Waals surface area contributed by atoms with E-state index in [0.717, 1.165) is 36.1 Å². The summed E-state index contributed by atoms with van der Waals surface area (Å²) < 4.78 is 5.32. The van der Waals surface area contributed by atoms with Gasteiger partial charge in [-0.25, -0.2) is 9.97 Å². The highest BCUT2D eigenvalue weighted by molar-refractivity contribution is 6.30. The molecule has 0 fully saturated rings. The van der Waals surface area contributed by atoms with Crippen LogP contribution in [0, 0.1) is 0 Å². The average molecular weight is 332 g/mol. The first-order valence-corrected chi connectivity index (χ1v) is 7.89. The van der Waals surface area contributed by atoms with Crippen LogP contribution in [0.4, 0.5) is 0 Å². The first-order chi connectivity index (χ1) is 11.1. The standard InChI is InChI=1S/C17H18ClN3O2/c1-21(10-12-6-4-8-19-15(12)18)17(22)13-9-11-5-3-7-14(11)20-16(13)23-2/h4,6,8-9H,3,5,7,10H2,1-2H3. The molecule has 2 aromatic heterocycles. The van der Waals surface area contributed by atoms with Crippen LogP contribution >= 0.6 is 11.6 Å². The van der Waals surface area contributed by atoms with E-state index in [-0.39, 0.29) is 5.91 Å². The molecule has 1 aliphatic carbocycles. The van der Waals surface area contributed by atoms with Crippen molar-refractivity contribution < 1.29 is 9.53 Å². The van der Waals surface area contributed by atoms with Crippen molar-refractivity contribution in [3.63, 3.8) is 0 Å². The number of aromatic nitrogens is 2. The van der Waals surface area contributed by atoms with Gasteiger partial charge < -0.3 is 9.64 Å². The molecule has 5 nitrogen and oxygen atoms in total. The summed E-state index contributed by atoms with van der Waals surface area (Å²) in [6.45, 7) is 0.381. The Bertz CT molecular complexity index is 749. The Hall–Kier alpha value is -2.14. The number of methoxy groups -OCH3 is 1. The van der Waals surface area contributed by atoms with E-state index in [4.69, 9.17) is 16.3 Å². The Balaban J connectivity index is 1.86. The molecule has 1 aliphatic rings. The van der Waals surface area contributed by atoms with E-state index in [1.807, 2.05) is 12.1 Å². The third-order valence-electron chi connectivity index (χ3n) is 4.03. The fourth-order valence-electron chi connectivity index (χ4n) is 2.83. The van der Waals surface area contributed by atoms with Crippen molar-refractivity contribution in [2.24, 2.45) is 0 Å². The maximum atomic E-state index is 12.8. The number of nitrogens with zero attached hydrogens (tertiary/aromatic N) is 3. The van der Waals surface area contributed by atoms with Gasteiger partial charge in [0.25, 0.3) is 5.91 Å². The van der Waals surface area contributed by atoms with Crippen molar-refractivity contribution in [1.29, 1.82) is 0 Å². The molecule has 23 heavy (non-hydrogen) atoms. The largest absolute Gasteiger partial charge is 0.480 e. The van der Waals surface area contributed by atoms with Crippen LogP contribution in [0.25, 0.3) is 0 Å². The molecule has 0 spiro atoms. The van der Waals surface area contributed by atoms with Gasteiger partial charge in [-0.15, -0.1) is 0 Å². The summed E-state index contributed by atoms with van der Waals surface area (Å²) in [7, 11) is 3.27. The van der Waals surface area contributed by atoms with Gasteiger partial charge in [-0.05, 0) is 37.0 Å². The monoisotopic (exact) mass is 331 g/mol. The Morgan fingerprint density at radius 3 is 3.00 bits per heavy atom. The molecule has 3 rings (SSSR count).